The van der Waals surface area contributed by atoms with Gasteiger partial charge in [-0.2, -0.15) is 0 Å². The van der Waals surface area contributed by atoms with Crippen molar-refractivity contribution in [1.29, 1.82) is 0 Å². The highest BCUT2D eigenvalue weighted by Gasteiger charge is 2.42. The summed E-state index contributed by atoms with van der Waals surface area (Å²) in [6, 6.07) is 3.24. The van der Waals surface area contributed by atoms with Crippen LogP contribution < -0.4 is 5.32 Å². The third-order valence-corrected chi connectivity index (χ3v) is 5.97. The molecule has 7 heteroatoms. The maximum absolute atomic E-state index is 13.3. The van der Waals surface area contributed by atoms with Crippen molar-refractivity contribution in [2.75, 3.05) is 0 Å². The normalized spacial score (nSPS) is 22.6. The maximum atomic E-state index is 13.3. The van der Waals surface area contributed by atoms with Crippen molar-refractivity contribution >= 4 is 17.9 Å². The number of furan rings is 1. The van der Waals surface area contributed by atoms with Crippen molar-refractivity contribution in [3.05, 3.63) is 34.1 Å². The zero-order chi connectivity index (χ0) is 21.2. The van der Waals surface area contributed by atoms with Crippen molar-refractivity contribution in [3.8, 4) is 0 Å². The van der Waals surface area contributed by atoms with Crippen LogP contribution in [0.1, 0.15) is 78.4 Å². The van der Waals surface area contributed by atoms with Crippen molar-refractivity contribution in [1.82, 2.24) is 10.2 Å². The van der Waals surface area contributed by atoms with Crippen LogP contribution in [0.25, 0.3) is 6.08 Å². The van der Waals surface area contributed by atoms with E-state index in [1.807, 2.05) is 0 Å². The molecule has 1 aliphatic heterocycles. The summed E-state index contributed by atoms with van der Waals surface area (Å²) in [6.07, 6.45) is 10.5. The first-order valence-electron chi connectivity index (χ1n) is 10.6. The van der Waals surface area contributed by atoms with Crippen LogP contribution in [-0.2, 0) is 4.79 Å². The molecular weight excluding hydrogens is 370 g/mol. The molecular formula is C22H33N3O4. The minimum Gasteiger partial charge on any atom is -0.401 e. The summed E-state index contributed by atoms with van der Waals surface area (Å²) in [5.41, 5.74) is -0.101. The van der Waals surface area contributed by atoms with E-state index in [2.05, 4.69) is 37.9 Å². The Labute approximate surface area is 172 Å². The number of rotatable bonds is 5. The first-order valence-corrected chi connectivity index (χ1v) is 10.6. The van der Waals surface area contributed by atoms with Gasteiger partial charge in [0.2, 0.25) is 5.91 Å². The van der Waals surface area contributed by atoms with Crippen LogP contribution in [0.2, 0.25) is 0 Å². The number of carbonyl (C=O) groups is 1. The molecule has 2 aliphatic rings. The van der Waals surface area contributed by atoms with Crippen LogP contribution in [0.3, 0.4) is 0 Å². The lowest BCUT2D eigenvalue weighted by Gasteiger charge is -2.51. The predicted molar refractivity (Wildman–Crippen MR) is 112 cm³/mol. The number of hydrogen-bond acceptors (Lipinski definition) is 5. The number of piperidine rings is 1. The quantitative estimate of drug-likeness (QED) is 0.438. The van der Waals surface area contributed by atoms with E-state index in [0.29, 0.717) is 5.76 Å². The number of nitro groups is 1. The molecule has 1 aromatic rings. The fraction of sp³-hybridized carbons (Fsp3) is 0.682. The molecule has 0 spiro atoms. The summed E-state index contributed by atoms with van der Waals surface area (Å²) in [7, 11) is 0. The van der Waals surface area contributed by atoms with Gasteiger partial charge in [0, 0.05) is 29.2 Å². The van der Waals surface area contributed by atoms with Crippen molar-refractivity contribution in [3.63, 3.8) is 0 Å². The van der Waals surface area contributed by atoms with Crippen molar-refractivity contribution < 1.29 is 14.1 Å². The number of amides is 1. The standard InChI is InChI=1S/C22H33N3O4/c1-21(2)14-17(15-22(3,4)23-21)24(16-8-6-5-7-9-16)19(26)12-10-18-11-13-20(29-18)25(27)28/h10-13,16-17,23H,5-9,14-15H2,1-4H3/b12-10+. The number of carbonyl (C=O) groups excluding carboxylic acids is 1. The fourth-order valence-electron chi connectivity index (χ4n) is 5.25. The van der Waals surface area contributed by atoms with E-state index in [4.69, 9.17) is 4.42 Å². The highest BCUT2D eigenvalue weighted by Crippen LogP contribution is 2.35. The highest BCUT2D eigenvalue weighted by atomic mass is 16.6. The van der Waals surface area contributed by atoms with Crippen molar-refractivity contribution in [2.24, 2.45) is 0 Å². The molecule has 1 saturated heterocycles. The van der Waals surface area contributed by atoms with Crippen LogP contribution in [0, 0.1) is 10.1 Å². The van der Waals surface area contributed by atoms with Crippen LogP contribution in [-0.4, -0.2) is 38.9 Å². The van der Waals surface area contributed by atoms with Gasteiger partial charge < -0.3 is 14.6 Å². The smallest absolute Gasteiger partial charge is 0.401 e. The monoisotopic (exact) mass is 403 g/mol. The van der Waals surface area contributed by atoms with Gasteiger partial charge in [-0.25, -0.2) is 0 Å². The molecule has 1 aromatic heterocycles. The maximum Gasteiger partial charge on any atom is 0.433 e. The molecule has 2 heterocycles. The lowest BCUT2D eigenvalue weighted by Crippen LogP contribution is -2.64. The van der Waals surface area contributed by atoms with E-state index < -0.39 is 4.92 Å². The van der Waals surface area contributed by atoms with Gasteiger partial charge >= 0.3 is 5.88 Å². The topological polar surface area (TPSA) is 88.6 Å². The second-order valence-electron chi connectivity index (χ2n) is 9.76. The summed E-state index contributed by atoms with van der Waals surface area (Å²) in [5.74, 6) is -0.0304. The summed E-state index contributed by atoms with van der Waals surface area (Å²) in [4.78, 5) is 25.6. The minimum atomic E-state index is -0.577. The molecule has 0 radical (unpaired) electrons. The molecule has 29 heavy (non-hydrogen) atoms. The summed E-state index contributed by atoms with van der Waals surface area (Å²) < 4.78 is 5.17. The Hall–Kier alpha value is -2.15. The molecule has 0 aromatic carbocycles. The van der Waals surface area contributed by atoms with Gasteiger partial charge in [-0.15, -0.1) is 0 Å². The van der Waals surface area contributed by atoms with Gasteiger partial charge in [0.05, 0.1) is 6.07 Å². The molecule has 1 amide bonds. The number of hydrogen-bond donors (Lipinski definition) is 1. The lowest BCUT2D eigenvalue weighted by atomic mass is 9.78. The first kappa shape index (κ1) is 21.6. The highest BCUT2D eigenvalue weighted by molar-refractivity contribution is 5.92. The molecule has 0 bridgehead atoms. The summed E-state index contributed by atoms with van der Waals surface area (Å²) >= 11 is 0. The Kier molecular flexibility index (Phi) is 6.17. The molecule has 3 rings (SSSR count). The van der Waals surface area contributed by atoms with Crippen LogP contribution in [0.5, 0.6) is 0 Å². The average molecular weight is 404 g/mol. The second-order valence-corrected chi connectivity index (χ2v) is 9.76. The van der Waals surface area contributed by atoms with Crippen LogP contribution in [0.15, 0.2) is 22.6 Å². The van der Waals surface area contributed by atoms with Crippen LogP contribution in [0.4, 0.5) is 5.88 Å². The van der Waals surface area contributed by atoms with Gasteiger partial charge in [0.25, 0.3) is 0 Å². The van der Waals surface area contributed by atoms with Gasteiger partial charge in [-0.3, -0.25) is 14.9 Å². The molecule has 1 aliphatic carbocycles. The average Bonchev–Trinajstić information content (AvgIpc) is 3.08. The minimum absolute atomic E-state index is 0.0329. The molecule has 7 nitrogen and oxygen atoms in total. The molecule has 1 N–H and O–H groups in total. The Morgan fingerprint density at radius 3 is 2.31 bits per heavy atom. The summed E-state index contributed by atoms with van der Waals surface area (Å²) in [6.45, 7) is 8.79. The van der Waals surface area contributed by atoms with E-state index in [0.717, 1.165) is 38.5 Å². The van der Waals surface area contributed by atoms with E-state index >= 15 is 0 Å². The molecule has 1 saturated carbocycles. The second kappa shape index (κ2) is 8.30. The third kappa shape index (κ3) is 5.47. The Bertz CT molecular complexity index is 759. The summed E-state index contributed by atoms with van der Waals surface area (Å²) in [5, 5.41) is 14.5. The molecule has 2 fully saturated rings. The van der Waals surface area contributed by atoms with E-state index in [1.54, 1.807) is 6.08 Å². The number of nitrogens with zero attached hydrogens (tertiary/aromatic N) is 2. The van der Waals surface area contributed by atoms with Gasteiger partial charge in [-0.05, 0) is 65.5 Å². The van der Waals surface area contributed by atoms with Crippen LogP contribution >= 0.6 is 0 Å². The SMILES string of the molecule is CC1(C)CC(N(C(=O)/C=C/c2ccc([N+](=O)[O-])o2)C2CCCCC2)CC(C)(C)N1. The van der Waals surface area contributed by atoms with Crippen molar-refractivity contribution in [2.45, 2.75) is 95.8 Å². The molecule has 160 valence electrons. The van der Waals surface area contributed by atoms with E-state index in [-0.39, 0.29) is 35.0 Å². The predicted octanol–water partition coefficient (Wildman–Crippen LogP) is 4.67. The molecule has 0 atom stereocenters. The van der Waals surface area contributed by atoms with E-state index in [1.165, 1.54) is 24.6 Å². The Morgan fingerprint density at radius 2 is 1.76 bits per heavy atom. The van der Waals surface area contributed by atoms with Gasteiger partial charge in [-0.1, -0.05) is 19.3 Å². The third-order valence-electron chi connectivity index (χ3n) is 5.97. The zero-order valence-corrected chi connectivity index (χ0v) is 17.9. The van der Waals surface area contributed by atoms with Gasteiger partial charge in [0.15, 0.2) is 0 Å². The number of nitrogens with one attached hydrogen (secondary N) is 1. The fourth-order valence-corrected chi connectivity index (χ4v) is 5.25. The first-order chi connectivity index (χ1) is 13.6. The Balaban J connectivity index is 1.83. The lowest BCUT2D eigenvalue weighted by molar-refractivity contribution is -0.402. The molecule has 0 unspecified atom stereocenters. The Morgan fingerprint density at radius 1 is 1.14 bits per heavy atom. The van der Waals surface area contributed by atoms with E-state index in [9.17, 15) is 14.9 Å². The largest absolute Gasteiger partial charge is 0.433 e. The zero-order valence-electron chi connectivity index (χ0n) is 17.9. The van der Waals surface area contributed by atoms with Gasteiger partial charge in [0.1, 0.15) is 10.7 Å².